The van der Waals surface area contributed by atoms with Crippen molar-refractivity contribution in [2.45, 2.75) is 5.16 Å². The first-order valence-electron chi connectivity index (χ1n) is 5.29. The number of aromatic amines is 1. The Bertz CT molecular complexity index is 677. The fourth-order valence-corrected chi connectivity index (χ4v) is 2.20. The van der Waals surface area contributed by atoms with Gasteiger partial charge in [-0.1, -0.05) is 35.5 Å². The summed E-state index contributed by atoms with van der Waals surface area (Å²) < 4.78 is 0. The monoisotopic (exact) mass is 276 g/mol. The Hall–Kier alpha value is -1.59. The second-order valence-electron chi connectivity index (χ2n) is 3.66. The SMILES string of the molecule is CSc1ncc(Cl)c(-c2nc3ccccc3[nH]2)n1. The molecule has 0 aliphatic carbocycles. The van der Waals surface area contributed by atoms with Crippen molar-refractivity contribution in [3.63, 3.8) is 0 Å². The number of imidazole rings is 1. The van der Waals surface area contributed by atoms with Crippen molar-refractivity contribution in [2.24, 2.45) is 0 Å². The standard InChI is InChI=1S/C12H9ClN4S/c1-18-12-14-6-7(13)10(17-12)11-15-8-4-2-3-5-9(8)16-11/h2-6H,1H3,(H,15,16). The summed E-state index contributed by atoms with van der Waals surface area (Å²) in [5, 5.41) is 1.17. The first-order valence-corrected chi connectivity index (χ1v) is 6.90. The van der Waals surface area contributed by atoms with Gasteiger partial charge in [0.15, 0.2) is 11.0 Å². The molecule has 3 rings (SSSR count). The number of thioether (sulfide) groups is 1. The van der Waals surface area contributed by atoms with Crippen LogP contribution in [0, 0.1) is 0 Å². The van der Waals surface area contributed by atoms with E-state index < -0.39 is 0 Å². The molecule has 0 aliphatic rings. The summed E-state index contributed by atoms with van der Waals surface area (Å²) in [4.78, 5) is 16.2. The summed E-state index contributed by atoms with van der Waals surface area (Å²) in [7, 11) is 0. The zero-order chi connectivity index (χ0) is 12.5. The summed E-state index contributed by atoms with van der Waals surface area (Å²) in [5.41, 5.74) is 2.49. The maximum absolute atomic E-state index is 6.12. The van der Waals surface area contributed by atoms with Gasteiger partial charge in [0.05, 0.1) is 22.3 Å². The Morgan fingerprint density at radius 1 is 1.22 bits per heavy atom. The number of para-hydroxylation sites is 2. The predicted molar refractivity (Wildman–Crippen MR) is 73.9 cm³/mol. The van der Waals surface area contributed by atoms with Gasteiger partial charge in [0.1, 0.15) is 5.69 Å². The van der Waals surface area contributed by atoms with Crippen LogP contribution < -0.4 is 0 Å². The van der Waals surface area contributed by atoms with E-state index in [1.807, 2.05) is 30.5 Å². The van der Waals surface area contributed by atoms with Gasteiger partial charge in [-0.25, -0.2) is 15.0 Å². The Kier molecular flexibility index (Phi) is 2.93. The molecule has 0 spiro atoms. The van der Waals surface area contributed by atoms with E-state index in [0.29, 0.717) is 21.7 Å². The van der Waals surface area contributed by atoms with Crippen LogP contribution in [0.1, 0.15) is 0 Å². The van der Waals surface area contributed by atoms with Crippen LogP contribution in [0.25, 0.3) is 22.6 Å². The molecule has 1 aromatic carbocycles. The lowest BCUT2D eigenvalue weighted by Crippen LogP contribution is -1.92. The molecule has 2 heterocycles. The highest BCUT2D eigenvalue weighted by molar-refractivity contribution is 7.98. The molecule has 0 saturated heterocycles. The number of fused-ring (bicyclic) bond motifs is 1. The van der Waals surface area contributed by atoms with E-state index in [2.05, 4.69) is 19.9 Å². The van der Waals surface area contributed by atoms with Crippen molar-refractivity contribution in [1.29, 1.82) is 0 Å². The van der Waals surface area contributed by atoms with Gasteiger partial charge in [-0.2, -0.15) is 0 Å². The van der Waals surface area contributed by atoms with Crippen LogP contribution in [0.3, 0.4) is 0 Å². The zero-order valence-electron chi connectivity index (χ0n) is 9.51. The van der Waals surface area contributed by atoms with Crippen LogP contribution >= 0.6 is 23.4 Å². The second kappa shape index (κ2) is 4.59. The van der Waals surface area contributed by atoms with E-state index in [1.165, 1.54) is 11.8 Å². The number of H-pyrrole nitrogens is 1. The molecule has 4 nitrogen and oxygen atoms in total. The van der Waals surface area contributed by atoms with E-state index in [0.717, 1.165) is 11.0 Å². The third-order valence-electron chi connectivity index (χ3n) is 2.52. The van der Waals surface area contributed by atoms with Crippen molar-refractivity contribution < 1.29 is 0 Å². The van der Waals surface area contributed by atoms with E-state index in [4.69, 9.17) is 11.6 Å². The second-order valence-corrected chi connectivity index (χ2v) is 4.84. The minimum Gasteiger partial charge on any atom is -0.337 e. The van der Waals surface area contributed by atoms with Crippen LogP contribution in [-0.2, 0) is 0 Å². The summed E-state index contributed by atoms with van der Waals surface area (Å²) in [6.45, 7) is 0. The van der Waals surface area contributed by atoms with Crippen molar-refractivity contribution >= 4 is 34.4 Å². The average molecular weight is 277 g/mol. The molecular formula is C12H9ClN4S. The van der Waals surface area contributed by atoms with Crippen LogP contribution in [0.2, 0.25) is 5.02 Å². The minimum atomic E-state index is 0.492. The Morgan fingerprint density at radius 3 is 2.83 bits per heavy atom. The molecule has 1 N–H and O–H groups in total. The lowest BCUT2D eigenvalue weighted by atomic mass is 10.3. The number of nitrogens with one attached hydrogen (secondary N) is 1. The Morgan fingerprint density at radius 2 is 2.06 bits per heavy atom. The molecule has 0 amide bonds. The minimum absolute atomic E-state index is 0.492. The van der Waals surface area contributed by atoms with Crippen molar-refractivity contribution in [3.05, 3.63) is 35.5 Å². The van der Waals surface area contributed by atoms with Gasteiger partial charge in [0, 0.05) is 0 Å². The maximum Gasteiger partial charge on any atom is 0.188 e. The maximum atomic E-state index is 6.12. The summed E-state index contributed by atoms with van der Waals surface area (Å²) >= 11 is 7.59. The van der Waals surface area contributed by atoms with Gasteiger partial charge >= 0.3 is 0 Å². The molecule has 2 aromatic heterocycles. The largest absolute Gasteiger partial charge is 0.337 e. The highest BCUT2D eigenvalue weighted by Crippen LogP contribution is 2.26. The lowest BCUT2D eigenvalue weighted by molar-refractivity contribution is 0.968. The van der Waals surface area contributed by atoms with Gasteiger partial charge in [0.2, 0.25) is 0 Å². The molecule has 0 bridgehead atoms. The Balaban J connectivity index is 2.19. The molecule has 3 aromatic rings. The number of nitrogens with zero attached hydrogens (tertiary/aromatic N) is 3. The molecule has 0 aliphatic heterocycles. The molecule has 0 atom stereocenters. The molecule has 0 fully saturated rings. The quantitative estimate of drug-likeness (QED) is 0.576. The third-order valence-corrected chi connectivity index (χ3v) is 3.36. The summed E-state index contributed by atoms with van der Waals surface area (Å²) in [6.07, 6.45) is 3.52. The van der Waals surface area contributed by atoms with E-state index in [9.17, 15) is 0 Å². The van der Waals surface area contributed by atoms with E-state index >= 15 is 0 Å². The number of hydrogen-bond donors (Lipinski definition) is 1. The molecule has 6 heteroatoms. The van der Waals surface area contributed by atoms with Gasteiger partial charge in [0.25, 0.3) is 0 Å². The average Bonchev–Trinajstić information content (AvgIpc) is 2.82. The van der Waals surface area contributed by atoms with E-state index in [1.54, 1.807) is 6.20 Å². The smallest absolute Gasteiger partial charge is 0.188 e. The van der Waals surface area contributed by atoms with Crippen LogP contribution in [-0.4, -0.2) is 26.2 Å². The summed E-state index contributed by atoms with van der Waals surface area (Å²) in [5.74, 6) is 0.666. The molecular weight excluding hydrogens is 268 g/mol. The highest BCUT2D eigenvalue weighted by Gasteiger charge is 2.11. The molecule has 18 heavy (non-hydrogen) atoms. The highest BCUT2D eigenvalue weighted by atomic mass is 35.5. The van der Waals surface area contributed by atoms with Crippen LogP contribution in [0.15, 0.2) is 35.6 Å². The van der Waals surface area contributed by atoms with E-state index in [-0.39, 0.29) is 0 Å². The van der Waals surface area contributed by atoms with Crippen molar-refractivity contribution in [1.82, 2.24) is 19.9 Å². The number of aromatic nitrogens is 4. The number of hydrogen-bond acceptors (Lipinski definition) is 4. The molecule has 0 radical (unpaired) electrons. The fourth-order valence-electron chi connectivity index (χ4n) is 1.68. The fraction of sp³-hybridized carbons (Fsp3) is 0.0833. The zero-order valence-corrected chi connectivity index (χ0v) is 11.1. The van der Waals surface area contributed by atoms with Crippen LogP contribution in [0.4, 0.5) is 0 Å². The Labute approximate surface area is 113 Å². The summed E-state index contributed by atoms with van der Waals surface area (Å²) in [6, 6.07) is 7.82. The lowest BCUT2D eigenvalue weighted by Gasteiger charge is -2.01. The van der Waals surface area contributed by atoms with Crippen LogP contribution in [0.5, 0.6) is 0 Å². The molecule has 90 valence electrons. The van der Waals surface area contributed by atoms with Crippen molar-refractivity contribution in [3.8, 4) is 11.5 Å². The number of benzene rings is 1. The molecule has 0 unspecified atom stereocenters. The first kappa shape index (κ1) is 11.5. The molecule has 0 saturated carbocycles. The topological polar surface area (TPSA) is 54.5 Å². The van der Waals surface area contributed by atoms with Gasteiger partial charge in [-0.3, -0.25) is 0 Å². The van der Waals surface area contributed by atoms with Gasteiger partial charge in [-0.05, 0) is 18.4 Å². The number of halogens is 1. The third kappa shape index (κ3) is 1.95. The predicted octanol–water partition coefficient (Wildman–Crippen LogP) is 3.40. The van der Waals surface area contributed by atoms with Gasteiger partial charge in [-0.15, -0.1) is 0 Å². The number of rotatable bonds is 2. The van der Waals surface area contributed by atoms with Crippen molar-refractivity contribution in [2.75, 3.05) is 6.26 Å². The first-order chi connectivity index (χ1) is 8.78. The van der Waals surface area contributed by atoms with Gasteiger partial charge < -0.3 is 4.98 Å². The normalized spacial score (nSPS) is 11.0.